The maximum atomic E-state index is 12.3. The van der Waals surface area contributed by atoms with Crippen LogP contribution in [0, 0.1) is 0 Å². The molecule has 0 aliphatic carbocycles. The maximum Gasteiger partial charge on any atom is 0.250 e. The van der Waals surface area contributed by atoms with Crippen LogP contribution in [-0.2, 0) is 16.6 Å². The number of likely N-dealkylation sites (N-methyl/N-ethyl adjacent to an activating group) is 1. The Labute approximate surface area is 131 Å². The quantitative estimate of drug-likeness (QED) is 0.711. The van der Waals surface area contributed by atoms with Gasteiger partial charge in [-0.2, -0.15) is 0 Å². The van der Waals surface area contributed by atoms with Crippen molar-refractivity contribution < 1.29 is 8.42 Å². The van der Waals surface area contributed by atoms with Crippen LogP contribution in [0.4, 0.5) is 0 Å². The molecule has 2 rings (SSSR count). The number of hydrogen-bond donors (Lipinski definition) is 2. The summed E-state index contributed by atoms with van der Waals surface area (Å²) < 4.78 is 27.8. The SMILES string of the molecule is CCCNCc1ccc(S(=O)(=O)NCC2CCCN2C)s1. The summed E-state index contributed by atoms with van der Waals surface area (Å²) in [5.74, 6) is 0. The molecule has 0 amide bonds. The van der Waals surface area contributed by atoms with Crippen molar-refractivity contribution in [2.75, 3.05) is 26.7 Å². The van der Waals surface area contributed by atoms with E-state index in [1.54, 1.807) is 6.07 Å². The van der Waals surface area contributed by atoms with Gasteiger partial charge in [0.2, 0.25) is 10.0 Å². The van der Waals surface area contributed by atoms with E-state index in [1.165, 1.54) is 11.3 Å². The lowest BCUT2D eigenvalue weighted by Gasteiger charge is -2.19. The smallest absolute Gasteiger partial charge is 0.250 e. The summed E-state index contributed by atoms with van der Waals surface area (Å²) in [6.07, 6.45) is 3.29. The average molecular weight is 332 g/mol. The standard InChI is InChI=1S/C14H25N3O2S2/c1-3-8-15-11-13-6-7-14(20-13)21(18,19)16-10-12-5-4-9-17(12)2/h6-7,12,15-16H,3-5,8-11H2,1-2H3. The number of sulfonamides is 1. The van der Waals surface area contributed by atoms with Crippen molar-refractivity contribution in [1.29, 1.82) is 0 Å². The first kappa shape index (κ1) is 16.9. The highest BCUT2D eigenvalue weighted by Gasteiger charge is 2.24. The lowest BCUT2D eigenvalue weighted by atomic mass is 10.2. The number of nitrogens with zero attached hydrogens (tertiary/aromatic N) is 1. The number of likely N-dealkylation sites (tertiary alicyclic amines) is 1. The zero-order valence-corrected chi connectivity index (χ0v) is 14.4. The largest absolute Gasteiger partial charge is 0.312 e. The minimum atomic E-state index is -3.37. The molecule has 1 aromatic rings. The third-order valence-electron chi connectivity index (χ3n) is 3.81. The first-order valence-electron chi connectivity index (χ1n) is 7.52. The van der Waals surface area contributed by atoms with Crippen molar-refractivity contribution in [2.45, 2.75) is 43.0 Å². The molecular weight excluding hydrogens is 306 g/mol. The molecular formula is C14H25N3O2S2. The summed E-state index contributed by atoms with van der Waals surface area (Å²) in [4.78, 5) is 3.28. The molecule has 5 nitrogen and oxygen atoms in total. The third-order valence-corrected chi connectivity index (χ3v) is 6.81. The molecule has 21 heavy (non-hydrogen) atoms. The van der Waals surface area contributed by atoms with Gasteiger partial charge in [0.1, 0.15) is 4.21 Å². The van der Waals surface area contributed by atoms with Crippen LogP contribution in [0.1, 0.15) is 31.1 Å². The van der Waals surface area contributed by atoms with Crippen LogP contribution in [0.25, 0.3) is 0 Å². The second kappa shape index (κ2) is 7.69. The molecule has 0 saturated carbocycles. The zero-order chi connectivity index (χ0) is 15.3. The van der Waals surface area contributed by atoms with E-state index in [-0.39, 0.29) is 0 Å². The zero-order valence-electron chi connectivity index (χ0n) is 12.8. The second-order valence-electron chi connectivity index (χ2n) is 5.53. The molecule has 1 atom stereocenters. The van der Waals surface area contributed by atoms with Crippen molar-refractivity contribution in [1.82, 2.24) is 14.9 Å². The molecule has 1 aliphatic heterocycles. The lowest BCUT2D eigenvalue weighted by molar-refractivity contribution is 0.311. The molecule has 2 heterocycles. The van der Waals surface area contributed by atoms with Gasteiger partial charge in [0.25, 0.3) is 0 Å². The van der Waals surface area contributed by atoms with Crippen LogP contribution >= 0.6 is 11.3 Å². The average Bonchev–Trinajstić information content (AvgIpc) is 3.06. The van der Waals surface area contributed by atoms with E-state index in [0.717, 1.165) is 43.8 Å². The van der Waals surface area contributed by atoms with Crippen molar-refractivity contribution >= 4 is 21.4 Å². The van der Waals surface area contributed by atoms with E-state index in [0.29, 0.717) is 16.8 Å². The Kier molecular flexibility index (Phi) is 6.19. The molecule has 1 aromatic heterocycles. The molecule has 1 fully saturated rings. The van der Waals surface area contributed by atoms with E-state index < -0.39 is 10.0 Å². The van der Waals surface area contributed by atoms with Crippen LogP contribution < -0.4 is 10.0 Å². The van der Waals surface area contributed by atoms with Gasteiger partial charge in [0, 0.05) is 24.0 Å². The van der Waals surface area contributed by atoms with Crippen LogP contribution in [0.2, 0.25) is 0 Å². The van der Waals surface area contributed by atoms with E-state index in [4.69, 9.17) is 0 Å². The van der Waals surface area contributed by atoms with Gasteiger partial charge in [0.15, 0.2) is 0 Å². The van der Waals surface area contributed by atoms with E-state index in [9.17, 15) is 8.42 Å². The van der Waals surface area contributed by atoms with Gasteiger partial charge in [-0.05, 0) is 51.5 Å². The monoisotopic (exact) mass is 331 g/mol. The predicted octanol–water partition coefficient (Wildman–Crippen LogP) is 1.62. The van der Waals surface area contributed by atoms with Gasteiger partial charge in [-0.25, -0.2) is 13.1 Å². The van der Waals surface area contributed by atoms with E-state index >= 15 is 0 Å². The Morgan fingerprint density at radius 2 is 2.24 bits per heavy atom. The summed E-state index contributed by atoms with van der Waals surface area (Å²) in [5, 5.41) is 3.29. The Morgan fingerprint density at radius 1 is 1.43 bits per heavy atom. The fraction of sp³-hybridized carbons (Fsp3) is 0.714. The molecule has 7 heteroatoms. The molecule has 0 radical (unpaired) electrons. The van der Waals surface area contributed by atoms with Crippen molar-refractivity contribution in [3.8, 4) is 0 Å². The number of rotatable bonds is 8. The van der Waals surface area contributed by atoms with Crippen molar-refractivity contribution in [3.05, 3.63) is 17.0 Å². The summed E-state index contributed by atoms with van der Waals surface area (Å²) in [6, 6.07) is 3.92. The minimum absolute atomic E-state index is 0.324. The molecule has 0 bridgehead atoms. The molecule has 2 N–H and O–H groups in total. The van der Waals surface area contributed by atoms with Gasteiger partial charge >= 0.3 is 0 Å². The van der Waals surface area contributed by atoms with E-state index in [2.05, 4.69) is 28.9 Å². The molecule has 1 aliphatic rings. The summed E-state index contributed by atoms with van der Waals surface area (Å²) in [6.45, 7) is 5.35. The normalized spacial score (nSPS) is 20.2. The topological polar surface area (TPSA) is 61.4 Å². The fourth-order valence-corrected chi connectivity index (χ4v) is 4.94. The van der Waals surface area contributed by atoms with Crippen LogP contribution in [0.3, 0.4) is 0 Å². The van der Waals surface area contributed by atoms with Crippen LogP contribution in [-0.4, -0.2) is 46.0 Å². The molecule has 120 valence electrons. The number of nitrogens with one attached hydrogen (secondary N) is 2. The second-order valence-corrected chi connectivity index (χ2v) is 8.69. The highest BCUT2D eigenvalue weighted by Crippen LogP contribution is 2.22. The van der Waals surface area contributed by atoms with Crippen molar-refractivity contribution in [2.24, 2.45) is 0 Å². The highest BCUT2D eigenvalue weighted by atomic mass is 32.2. The summed E-state index contributed by atoms with van der Waals surface area (Å²) in [7, 11) is -1.32. The Morgan fingerprint density at radius 3 is 2.90 bits per heavy atom. The third kappa shape index (κ3) is 4.75. The van der Waals surface area contributed by atoms with Crippen molar-refractivity contribution in [3.63, 3.8) is 0 Å². The molecule has 1 saturated heterocycles. The molecule has 1 unspecified atom stereocenters. The van der Waals surface area contributed by atoms with Gasteiger partial charge in [-0.1, -0.05) is 6.92 Å². The van der Waals surface area contributed by atoms with Gasteiger partial charge in [-0.3, -0.25) is 0 Å². The Hall–Kier alpha value is -0.470. The highest BCUT2D eigenvalue weighted by molar-refractivity contribution is 7.91. The van der Waals surface area contributed by atoms with Gasteiger partial charge in [0.05, 0.1) is 0 Å². The maximum absolute atomic E-state index is 12.3. The number of hydrogen-bond acceptors (Lipinski definition) is 5. The van der Waals surface area contributed by atoms with E-state index in [1.807, 2.05) is 6.07 Å². The van der Waals surface area contributed by atoms with Crippen LogP contribution in [0.15, 0.2) is 16.3 Å². The first-order valence-corrected chi connectivity index (χ1v) is 9.82. The summed E-state index contributed by atoms with van der Waals surface area (Å²) >= 11 is 1.35. The Bertz CT molecular complexity index is 542. The van der Waals surface area contributed by atoms with Crippen LogP contribution in [0.5, 0.6) is 0 Å². The number of thiophene rings is 1. The predicted molar refractivity (Wildman–Crippen MR) is 87.2 cm³/mol. The fourth-order valence-electron chi connectivity index (χ4n) is 2.50. The minimum Gasteiger partial charge on any atom is -0.312 e. The molecule has 0 spiro atoms. The summed E-state index contributed by atoms with van der Waals surface area (Å²) in [5.41, 5.74) is 0. The Balaban J connectivity index is 1.89. The first-order chi connectivity index (χ1) is 10.0. The van der Waals surface area contributed by atoms with Gasteiger partial charge in [-0.15, -0.1) is 11.3 Å². The molecule has 0 aromatic carbocycles. The van der Waals surface area contributed by atoms with Gasteiger partial charge < -0.3 is 10.2 Å². The lowest BCUT2D eigenvalue weighted by Crippen LogP contribution is -2.37.